The molecule has 0 unspecified atom stereocenters. The standard InChI is InChI=1S/C14H19NO3/c16-14(17)9-11-1-3-12(4-2-11)10-15-13-5-7-18-8-6-13/h1-4,13,15H,5-10H2,(H,16,17). The Hall–Kier alpha value is -1.39. The zero-order chi connectivity index (χ0) is 12.8. The van der Waals surface area contributed by atoms with Crippen LogP contribution in [-0.4, -0.2) is 30.3 Å². The van der Waals surface area contributed by atoms with Crippen LogP contribution in [0.25, 0.3) is 0 Å². The first-order valence-electron chi connectivity index (χ1n) is 6.35. The van der Waals surface area contributed by atoms with Crippen molar-refractivity contribution in [2.75, 3.05) is 13.2 Å². The SMILES string of the molecule is O=C(O)Cc1ccc(CNC2CCOCC2)cc1. The van der Waals surface area contributed by atoms with Gasteiger partial charge in [0.2, 0.25) is 0 Å². The Balaban J connectivity index is 1.80. The third kappa shape index (κ3) is 4.13. The lowest BCUT2D eigenvalue weighted by Crippen LogP contribution is -2.34. The fourth-order valence-corrected chi connectivity index (χ4v) is 2.11. The summed E-state index contributed by atoms with van der Waals surface area (Å²) in [4.78, 5) is 10.6. The number of carboxylic acid groups (broad SMARTS) is 1. The summed E-state index contributed by atoms with van der Waals surface area (Å²) in [5.74, 6) is -0.789. The molecule has 1 heterocycles. The quantitative estimate of drug-likeness (QED) is 0.832. The van der Waals surface area contributed by atoms with Gasteiger partial charge in [-0.3, -0.25) is 4.79 Å². The molecule has 0 amide bonds. The van der Waals surface area contributed by atoms with Crippen molar-refractivity contribution < 1.29 is 14.6 Å². The minimum Gasteiger partial charge on any atom is -0.481 e. The molecule has 1 fully saturated rings. The molecule has 1 aromatic carbocycles. The molecule has 0 atom stereocenters. The number of nitrogens with one attached hydrogen (secondary N) is 1. The lowest BCUT2D eigenvalue weighted by atomic mass is 10.1. The van der Waals surface area contributed by atoms with E-state index in [0.717, 1.165) is 38.2 Å². The normalized spacial score (nSPS) is 16.7. The predicted molar refractivity (Wildman–Crippen MR) is 68.5 cm³/mol. The van der Waals surface area contributed by atoms with Gasteiger partial charge in [0.1, 0.15) is 0 Å². The highest BCUT2D eigenvalue weighted by molar-refractivity contribution is 5.70. The van der Waals surface area contributed by atoms with Gasteiger partial charge in [0.05, 0.1) is 6.42 Å². The summed E-state index contributed by atoms with van der Waals surface area (Å²) < 4.78 is 5.31. The second-order valence-electron chi connectivity index (χ2n) is 4.65. The maximum absolute atomic E-state index is 10.6. The zero-order valence-corrected chi connectivity index (χ0v) is 10.4. The summed E-state index contributed by atoms with van der Waals surface area (Å²) in [6, 6.07) is 8.29. The summed E-state index contributed by atoms with van der Waals surface area (Å²) in [6.07, 6.45) is 2.22. The van der Waals surface area contributed by atoms with Crippen molar-refractivity contribution in [3.8, 4) is 0 Å². The minimum atomic E-state index is -0.789. The van der Waals surface area contributed by atoms with E-state index in [4.69, 9.17) is 9.84 Å². The molecular formula is C14H19NO3. The molecular weight excluding hydrogens is 230 g/mol. The Morgan fingerprint density at radius 1 is 1.22 bits per heavy atom. The van der Waals surface area contributed by atoms with Crippen LogP contribution in [-0.2, 0) is 22.5 Å². The Morgan fingerprint density at radius 2 is 1.83 bits per heavy atom. The van der Waals surface area contributed by atoms with Crippen LogP contribution in [0.2, 0.25) is 0 Å². The van der Waals surface area contributed by atoms with Gasteiger partial charge in [0, 0.05) is 25.8 Å². The van der Waals surface area contributed by atoms with Crippen LogP contribution in [0.1, 0.15) is 24.0 Å². The van der Waals surface area contributed by atoms with Crippen molar-refractivity contribution >= 4 is 5.97 Å². The van der Waals surface area contributed by atoms with Crippen LogP contribution >= 0.6 is 0 Å². The number of aliphatic carboxylic acids is 1. The van der Waals surface area contributed by atoms with Crippen LogP contribution in [0.5, 0.6) is 0 Å². The van der Waals surface area contributed by atoms with Gasteiger partial charge in [-0.2, -0.15) is 0 Å². The third-order valence-corrected chi connectivity index (χ3v) is 3.19. The fourth-order valence-electron chi connectivity index (χ4n) is 2.11. The second kappa shape index (κ2) is 6.52. The lowest BCUT2D eigenvalue weighted by Gasteiger charge is -2.23. The van der Waals surface area contributed by atoms with Gasteiger partial charge in [0.15, 0.2) is 0 Å². The van der Waals surface area contributed by atoms with Crippen LogP contribution in [0.15, 0.2) is 24.3 Å². The summed E-state index contributed by atoms with van der Waals surface area (Å²) in [6.45, 7) is 2.52. The second-order valence-corrected chi connectivity index (χ2v) is 4.65. The molecule has 0 bridgehead atoms. The highest BCUT2D eigenvalue weighted by atomic mass is 16.5. The van der Waals surface area contributed by atoms with Gasteiger partial charge in [-0.1, -0.05) is 24.3 Å². The summed E-state index contributed by atoms with van der Waals surface area (Å²) in [5.41, 5.74) is 2.04. The predicted octanol–water partition coefficient (Wildman–Crippen LogP) is 1.58. The molecule has 2 N–H and O–H groups in total. The van der Waals surface area contributed by atoms with E-state index in [0.29, 0.717) is 6.04 Å². The first-order valence-corrected chi connectivity index (χ1v) is 6.35. The first kappa shape index (κ1) is 13.1. The monoisotopic (exact) mass is 249 g/mol. The highest BCUT2D eigenvalue weighted by Crippen LogP contribution is 2.09. The number of carbonyl (C=O) groups is 1. The topological polar surface area (TPSA) is 58.6 Å². The molecule has 18 heavy (non-hydrogen) atoms. The van der Waals surface area contributed by atoms with Gasteiger partial charge in [-0.25, -0.2) is 0 Å². The molecule has 0 saturated carbocycles. The minimum absolute atomic E-state index is 0.0909. The van der Waals surface area contributed by atoms with Crippen molar-refractivity contribution in [1.82, 2.24) is 5.32 Å². The van der Waals surface area contributed by atoms with E-state index >= 15 is 0 Å². The van der Waals surface area contributed by atoms with E-state index in [9.17, 15) is 4.79 Å². The molecule has 0 radical (unpaired) electrons. The van der Waals surface area contributed by atoms with E-state index in [2.05, 4.69) is 5.32 Å². The molecule has 1 aliphatic rings. The van der Waals surface area contributed by atoms with Crippen LogP contribution in [0.4, 0.5) is 0 Å². The molecule has 1 saturated heterocycles. The number of rotatable bonds is 5. The van der Waals surface area contributed by atoms with Gasteiger partial charge in [0.25, 0.3) is 0 Å². The molecule has 0 aliphatic carbocycles. The van der Waals surface area contributed by atoms with Crippen LogP contribution < -0.4 is 5.32 Å². The van der Waals surface area contributed by atoms with Crippen LogP contribution in [0, 0.1) is 0 Å². The molecule has 2 rings (SSSR count). The zero-order valence-electron chi connectivity index (χ0n) is 10.4. The van der Waals surface area contributed by atoms with Gasteiger partial charge in [-0.05, 0) is 24.0 Å². The number of hydrogen-bond donors (Lipinski definition) is 2. The van der Waals surface area contributed by atoms with Gasteiger partial charge in [-0.15, -0.1) is 0 Å². The Bertz CT molecular complexity index is 383. The van der Waals surface area contributed by atoms with Crippen molar-refractivity contribution in [1.29, 1.82) is 0 Å². The summed E-state index contributed by atoms with van der Waals surface area (Å²) in [7, 11) is 0. The summed E-state index contributed by atoms with van der Waals surface area (Å²) >= 11 is 0. The third-order valence-electron chi connectivity index (χ3n) is 3.19. The van der Waals surface area contributed by atoms with Gasteiger partial charge >= 0.3 is 5.97 Å². The van der Waals surface area contributed by atoms with E-state index in [-0.39, 0.29) is 6.42 Å². The van der Waals surface area contributed by atoms with Crippen molar-refractivity contribution in [2.45, 2.75) is 31.8 Å². The van der Waals surface area contributed by atoms with Crippen molar-refractivity contribution in [3.05, 3.63) is 35.4 Å². The average Bonchev–Trinajstić information content (AvgIpc) is 2.38. The molecule has 4 heteroatoms. The molecule has 1 aliphatic heterocycles. The molecule has 4 nitrogen and oxygen atoms in total. The molecule has 98 valence electrons. The fraction of sp³-hybridized carbons (Fsp3) is 0.500. The maximum Gasteiger partial charge on any atom is 0.307 e. The van der Waals surface area contributed by atoms with Crippen molar-refractivity contribution in [3.63, 3.8) is 0 Å². The molecule has 1 aromatic rings. The number of hydrogen-bond acceptors (Lipinski definition) is 3. The lowest BCUT2D eigenvalue weighted by molar-refractivity contribution is -0.136. The van der Waals surface area contributed by atoms with Gasteiger partial charge < -0.3 is 15.2 Å². The Morgan fingerprint density at radius 3 is 2.44 bits per heavy atom. The first-order chi connectivity index (χ1) is 8.74. The number of carboxylic acids is 1. The summed E-state index contributed by atoms with van der Waals surface area (Å²) in [5, 5.41) is 12.2. The number of ether oxygens (including phenoxy) is 1. The molecule has 0 spiro atoms. The van der Waals surface area contributed by atoms with Crippen molar-refractivity contribution in [2.24, 2.45) is 0 Å². The Kier molecular flexibility index (Phi) is 4.73. The van der Waals surface area contributed by atoms with E-state index in [1.165, 1.54) is 5.56 Å². The van der Waals surface area contributed by atoms with E-state index < -0.39 is 5.97 Å². The largest absolute Gasteiger partial charge is 0.481 e. The average molecular weight is 249 g/mol. The van der Waals surface area contributed by atoms with E-state index in [1.54, 1.807) is 0 Å². The molecule has 0 aromatic heterocycles. The smallest absolute Gasteiger partial charge is 0.307 e. The van der Waals surface area contributed by atoms with E-state index in [1.807, 2.05) is 24.3 Å². The Labute approximate surface area is 107 Å². The maximum atomic E-state index is 10.6. The van der Waals surface area contributed by atoms with Crippen LogP contribution in [0.3, 0.4) is 0 Å². The highest BCUT2D eigenvalue weighted by Gasteiger charge is 2.12. The number of benzene rings is 1.